The molecule has 6 nitrogen and oxygen atoms in total. The first-order chi connectivity index (χ1) is 13.2. The molecule has 1 aromatic rings. The van der Waals surface area contributed by atoms with E-state index in [4.69, 9.17) is 4.74 Å². The van der Waals surface area contributed by atoms with Crippen LogP contribution in [0.15, 0.2) is 24.3 Å². The van der Waals surface area contributed by atoms with Crippen LogP contribution in [-0.2, 0) is 24.5 Å². The van der Waals surface area contributed by atoms with Gasteiger partial charge in [0.2, 0.25) is 5.91 Å². The number of benzene rings is 1. The third kappa shape index (κ3) is 4.91. The second kappa shape index (κ2) is 8.33. The standard InChI is InChI=1S/C22H30N2O4/c1-22(2,3)16-8-10-17(11-9-16)23-19(25)14-28-21(27)15-12-20(26)24(13-15)18-6-4-5-7-18/h8-11,15,18H,4-7,12-14H2,1-3H3,(H,23,25)/t15-/m0/s1. The molecule has 0 spiro atoms. The highest BCUT2D eigenvalue weighted by molar-refractivity contribution is 5.93. The molecule has 0 radical (unpaired) electrons. The molecule has 3 rings (SSSR count). The Kier molecular flexibility index (Phi) is 6.06. The molecule has 1 saturated carbocycles. The molecule has 1 aliphatic heterocycles. The molecule has 2 fully saturated rings. The Hall–Kier alpha value is -2.37. The van der Waals surface area contributed by atoms with Gasteiger partial charge in [0.05, 0.1) is 5.92 Å². The minimum absolute atomic E-state index is 0.0252. The third-order valence-corrected chi connectivity index (χ3v) is 5.64. The highest BCUT2D eigenvalue weighted by Crippen LogP contribution is 2.30. The molecule has 1 atom stereocenters. The Labute approximate surface area is 166 Å². The van der Waals surface area contributed by atoms with Crippen molar-refractivity contribution in [3.8, 4) is 0 Å². The first-order valence-corrected chi connectivity index (χ1v) is 10.1. The average Bonchev–Trinajstić information content (AvgIpc) is 3.28. The number of nitrogens with one attached hydrogen (secondary N) is 1. The largest absolute Gasteiger partial charge is 0.455 e. The van der Waals surface area contributed by atoms with Gasteiger partial charge in [0.1, 0.15) is 0 Å². The summed E-state index contributed by atoms with van der Waals surface area (Å²) in [5.41, 5.74) is 1.88. The van der Waals surface area contributed by atoms with E-state index in [2.05, 4.69) is 26.1 Å². The minimum Gasteiger partial charge on any atom is -0.455 e. The van der Waals surface area contributed by atoms with Gasteiger partial charge in [-0.05, 0) is 36.0 Å². The van der Waals surface area contributed by atoms with E-state index in [0.717, 1.165) is 25.7 Å². The van der Waals surface area contributed by atoms with Crippen molar-refractivity contribution < 1.29 is 19.1 Å². The lowest BCUT2D eigenvalue weighted by molar-refractivity contribution is -0.151. The number of esters is 1. The number of hydrogen-bond acceptors (Lipinski definition) is 4. The zero-order valence-corrected chi connectivity index (χ0v) is 17.0. The summed E-state index contributed by atoms with van der Waals surface area (Å²) in [7, 11) is 0. The smallest absolute Gasteiger partial charge is 0.311 e. The number of likely N-dealkylation sites (tertiary alicyclic amines) is 1. The van der Waals surface area contributed by atoms with Gasteiger partial charge in [0.25, 0.3) is 5.91 Å². The van der Waals surface area contributed by atoms with Gasteiger partial charge in [-0.3, -0.25) is 14.4 Å². The molecule has 1 heterocycles. The number of anilines is 1. The Bertz CT molecular complexity index is 730. The summed E-state index contributed by atoms with van der Waals surface area (Å²) in [4.78, 5) is 38.4. The fourth-order valence-electron chi connectivity index (χ4n) is 3.96. The van der Waals surface area contributed by atoms with Crippen LogP contribution in [0.1, 0.15) is 58.4 Å². The molecule has 28 heavy (non-hydrogen) atoms. The number of ether oxygens (including phenoxy) is 1. The van der Waals surface area contributed by atoms with Crippen molar-refractivity contribution in [2.75, 3.05) is 18.5 Å². The maximum Gasteiger partial charge on any atom is 0.311 e. The lowest BCUT2D eigenvalue weighted by Gasteiger charge is -2.23. The summed E-state index contributed by atoms with van der Waals surface area (Å²) in [5, 5.41) is 2.74. The molecule has 152 valence electrons. The van der Waals surface area contributed by atoms with Crippen LogP contribution in [0.3, 0.4) is 0 Å². The topological polar surface area (TPSA) is 75.7 Å². The van der Waals surface area contributed by atoms with Gasteiger partial charge in [-0.15, -0.1) is 0 Å². The lowest BCUT2D eigenvalue weighted by atomic mass is 9.87. The fraction of sp³-hybridized carbons (Fsp3) is 0.591. The zero-order chi connectivity index (χ0) is 20.3. The van der Waals surface area contributed by atoms with Crippen LogP contribution < -0.4 is 5.32 Å². The first kappa shape index (κ1) is 20.4. The zero-order valence-electron chi connectivity index (χ0n) is 17.0. The van der Waals surface area contributed by atoms with E-state index >= 15 is 0 Å². The molecule has 2 aliphatic rings. The van der Waals surface area contributed by atoms with E-state index < -0.39 is 11.9 Å². The second-order valence-electron chi connectivity index (χ2n) is 8.87. The number of carbonyl (C=O) groups is 3. The fourth-order valence-corrected chi connectivity index (χ4v) is 3.96. The van der Waals surface area contributed by atoms with Crippen molar-refractivity contribution in [2.24, 2.45) is 5.92 Å². The molecular weight excluding hydrogens is 356 g/mol. The van der Waals surface area contributed by atoms with Crippen molar-refractivity contribution in [3.05, 3.63) is 29.8 Å². The minimum atomic E-state index is -0.466. The van der Waals surface area contributed by atoms with E-state index in [0.29, 0.717) is 12.2 Å². The predicted octanol–water partition coefficient (Wildman–Crippen LogP) is 3.26. The highest BCUT2D eigenvalue weighted by atomic mass is 16.5. The van der Waals surface area contributed by atoms with Gasteiger partial charge in [-0.25, -0.2) is 0 Å². The van der Waals surface area contributed by atoms with Gasteiger partial charge in [0.15, 0.2) is 6.61 Å². The van der Waals surface area contributed by atoms with Crippen LogP contribution >= 0.6 is 0 Å². The van der Waals surface area contributed by atoms with Crippen molar-refractivity contribution in [3.63, 3.8) is 0 Å². The molecule has 6 heteroatoms. The van der Waals surface area contributed by atoms with Gasteiger partial charge >= 0.3 is 5.97 Å². The van der Waals surface area contributed by atoms with Crippen molar-refractivity contribution in [1.82, 2.24) is 4.90 Å². The average molecular weight is 386 g/mol. The SMILES string of the molecule is CC(C)(C)c1ccc(NC(=O)COC(=O)[C@H]2CC(=O)N(C3CCCC3)C2)cc1. The molecule has 1 aliphatic carbocycles. The highest BCUT2D eigenvalue weighted by Gasteiger charge is 2.39. The maximum atomic E-state index is 12.3. The Balaban J connectivity index is 1.45. The third-order valence-electron chi connectivity index (χ3n) is 5.64. The summed E-state index contributed by atoms with van der Waals surface area (Å²) in [6, 6.07) is 7.90. The Morgan fingerprint density at radius 1 is 1.14 bits per heavy atom. The van der Waals surface area contributed by atoms with E-state index in [1.165, 1.54) is 5.56 Å². The normalized spacial score (nSPS) is 20.5. The summed E-state index contributed by atoms with van der Waals surface area (Å²) in [5.74, 6) is -1.29. The van der Waals surface area contributed by atoms with Crippen molar-refractivity contribution in [2.45, 2.75) is 64.3 Å². The van der Waals surface area contributed by atoms with E-state index in [9.17, 15) is 14.4 Å². The molecule has 0 bridgehead atoms. The van der Waals surface area contributed by atoms with Crippen LogP contribution in [-0.4, -0.2) is 41.9 Å². The van der Waals surface area contributed by atoms with E-state index in [1.807, 2.05) is 29.2 Å². The summed E-state index contributed by atoms with van der Waals surface area (Å²) < 4.78 is 5.17. The molecule has 2 amide bonds. The van der Waals surface area contributed by atoms with Gasteiger partial charge < -0.3 is 15.0 Å². The lowest BCUT2D eigenvalue weighted by Crippen LogP contribution is -2.35. The number of nitrogens with zero attached hydrogens (tertiary/aromatic N) is 1. The molecule has 0 unspecified atom stereocenters. The Morgan fingerprint density at radius 2 is 1.79 bits per heavy atom. The van der Waals surface area contributed by atoms with Crippen molar-refractivity contribution in [1.29, 1.82) is 0 Å². The number of amides is 2. The number of carbonyl (C=O) groups excluding carboxylic acids is 3. The van der Waals surface area contributed by atoms with Crippen LogP contribution in [0.5, 0.6) is 0 Å². The maximum absolute atomic E-state index is 12.3. The number of hydrogen-bond donors (Lipinski definition) is 1. The summed E-state index contributed by atoms with van der Waals surface area (Å²) in [6.45, 7) is 6.46. The predicted molar refractivity (Wildman–Crippen MR) is 107 cm³/mol. The number of rotatable bonds is 5. The molecule has 0 aromatic heterocycles. The van der Waals surface area contributed by atoms with Gasteiger partial charge in [0, 0.05) is 24.7 Å². The monoisotopic (exact) mass is 386 g/mol. The van der Waals surface area contributed by atoms with Gasteiger partial charge in [-0.2, -0.15) is 0 Å². The second-order valence-corrected chi connectivity index (χ2v) is 8.87. The molecule has 1 saturated heterocycles. The van der Waals surface area contributed by atoms with Crippen LogP contribution in [0, 0.1) is 5.92 Å². The Morgan fingerprint density at radius 3 is 2.39 bits per heavy atom. The van der Waals surface area contributed by atoms with Gasteiger partial charge in [-0.1, -0.05) is 45.7 Å². The van der Waals surface area contributed by atoms with Crippen LogP contribution in [0.2, 0.25) is 0 Å². The summed E-state index contributed by atoms with van der Waals surface area (Å²) >= 11 is 0. The first-order valence-electron chi connectivity index (χ1n) is 10.1. The van der Waals surface area contributed by atoms with E-state index in [1.54, 1.807) is 0 Å². The van der Waals surface area contributed by atoms with Crippen LogP contribution in [0.4, 0.5) is 5.69 Å². The van der Waals surface area contributed by atoms with Crippen LogP contribution in [0.25, 0.3) is 0 Å². The quantitative estimate of drug-likeness (QED) is 0.788. The van der Waals surface area contributed by atoms with E-state index in [-0.39, 0.29) is 36.3 Å². The molecule has 1 N–H and O–H groups in total. The summed E-state index contributed by atoms with van der Waals surface area (Å²) in [6.07, 6.45) is 4.50. The molecular formula is C22H30N2O4. The van der Waals surface area contributed by atoms with Crippen molar-refractivity contribution >= 4 is 23.5 Å². The molecule has 1 aromatic carbocycles.